The van der Waals surface area contributed by atoms with Gasteiger partial charge in [-0.15, -0.1) is 0 Å². The topological polar surface area (TPSA) is 121 Å². The van der Waals surface area contributed by atoms with E-state index in [2.05, 4.69) is 15.4 Å². The van der Waals surface area contributed by atoms with E-state index >= 15 is 0 Å². The number of fused-ring (bicyclic) bond motifs is 2. The summed E-state index contributed by atoms with van der Waals surface area (Å²) in [7, 11) is -3.92. The molecule has 2 amide bonds. The molecule has 9 heteroatoms. The molecule has 1 aliphatic heterocycles. The second-order valence-electron chi connectivity index (χ2n) is 8.95. The third kappa shape index (κ3) is 5.92. The average Bonchev–Trinajstić information content (AvgIpc) is 3.20. The molecule has 3 N–H and O–H groups in total. The van der Waals surface area contributed by atoms with Crippen LogP contribution in [0.3, 0.4) is 0 Å². The number of hydrogen-bond donors (Lipinski definition) is 3. The summed E-state index contributed by atoms with van der Waals surface area (Å²) in [5.41, 5.74) is 0. The number of carbonyl (C=O) groups excluding carboxylic acids is 3. The molecular formula is C22H31N3O5S. The molecule has 0 aromatic heterocycles. The van der Waals surface area contributed by atoms with E-state index in [1.54, 1.807) is 18.2 Å². The van der Waals surface area contributed by atoms with Gasteiger partial charge in [-0.25, -0.2) is 8.42 Å². The predicted octanol–water partition coefficient (Wildman–Crippen LogP) is 1.37. The Bertz CT molecular complexity index is 916. The molecule has 31 heavy (non-hydrogen) atoms. The first kappa shape index (κ1) is 23.4. The van der Waals surface area contributed by atoms with Crippen LogP contribution in [0.1, 0.15) is 46.0 Å². The zero-order valence-electron chi connectivity index (χ0n) is 18.0. The van der Waals surface area contributed by atoms with E-state index in [1.807, 2.05) is 13.8 Å². The van der Waals surface area contributed by atoms with Crippen molar-refractivity contribution in [3.05, 3.63) is 30.3 Å². The molecule has 8 nitrogen and oxygen atoms in total. The van der Waals surface area contributed by atoms with E-state index in [0.717, 1.165) is 25.7 Å². The first-order valence-electron chi connectivity index (χ1n) is 10.9. The number of benzene rings is 1. The average molecular weight is 450 g/mol. The molecule has 2 fully saturated rings. The van der Waals surface area contributed by atoms with Crippen LogP contribution in [-0.4, -0.2) is 44.6 Å². The molecular weight excluding hydrogens is 418 g/mol. The largest absolute Gasteiger partial charge is 0.349 e. The molecule has 170 valence electrons. The van der Waals surface area contributed by atoms with Crippen molar-refractivity contribution in [2.45, 2.75) is 62.9 Å². The molecule has 0 spiro atoms. The lowest BCUT2D eigenvalue weighted by Crippen LogP contribution is -2.56. The Balaban J connectivity index is 1.80. The Labute approximate surface area is 183 Å². The molecule has 1 aromatic rings. The molecule has 1 heterocycles. The maximum absolute atomic E-state index is 13.1. The van der Waals surface area contributed by atoms with Crippen molar-refractivity contribution in [3.63, 3.8) is 0 Å². The van der Waals surface area contributed by atoms with Gasteiger partial charge in [-0.1, -0.05) is 38.5 Å². The smallest absolute Gasteiger partial charge is 0.289 e. The van der Waals surface area contributed by atoms with Gasteiger partial charge in [0.2, 0.25) is 21.7 Å². The van der Waals surface area contributed by atoms with Crippen molar-refractivity contribution in [2.75, 3.05) is 6.54 Å². The van der Waals surface area contributed by atoms with Crippen LogP contribution >= 0.6 is 0 Å². The minimum atomic E-state index is -3.92. The molecule has 1 saturated heterocycles. The van der Waals surface area contributed by atoms with Crippen molar-refractivity contribution < 1.29 is 22.8 Å². The van der Waals surface area contributed by atoms with Crippen molar-refractivity contribution in [2.24, 2.45) is 17.8 Å². The Morgan fingerprint density at radius 2 is 1.84 bits per heavy atom. The summed E-state index contributed by atoms with van der Waals surface area (Å²) in [5.74, 6) is -1.60. The molecule has 1 saturated carbocycles. The fourth-order valence-electron chi connectivity index (χ4n) is 4.48. The van der Waals surface area contributed by atoms with Gasteiger partial charge >= 0.3 is 0 Å². The van der Waals surface area contributed by atoms with E-state index in [4.69, 9.17) is 0 Å². The van der Waals surface area contributed by atoms with Crippen LogP contribution in [0.2, 0.25) is 0 Å². The summed E-state index contributed by atoms with van der Waals surface area (Å²) < 4.78 is 28.1. The normalized spacial score (nSPS) is 25.3. The van der Waals surface area contributed by atoms with Gasteiger partial charge in [0.1, 0.15) is 12.1 Å². The SMILES string of the molecule is CC(C)CC(NS(=O)(=O)c1ccccc1)C(=O)NC1C(=O)C(=O)NCCC2CCC1C2. The molecule has 4 atom stereocenters. The van der Waals surface area contributed by atoms with E-state index in [-0.39, 0.29) is 23.2 Å². The fraction of sp³-hybridized carbons (Fsp3) is 0.591. The van der Waals surface area contributed by atoms with Crippen molar-refractivity contribution in [3.8, 4) is 0 Å². The first-order chi connectivity index (χ1) is 14.7. The summed E-state index contributed by atoms with van der Waals surface area (Å²) in [6.07, 6.45) is 3.58. The van der Waals surface area contributed by atoms with Crippen LogP contribution in [-0.2, 0) is 24.4 Å². The lowest BCUT2D eigenvalue weighted by atomic mass is 9.92. The lowest BCUT2D eigenvalue weighted by molar-refractivity contribution is -0.141. The van der Waals surface area contributed by atoms with E-state index in [0.29, 0.717) is 12.5 Å². The first-order valence-corrected chi connectivity index (χ1v) is 12.4. The summed E-state index contributed by atoms with van der Waals surface area (Å²) >= 11 is 0. The zero-order valence-corrected chi connectivity index (χ0v) is 18.8. The van der Waals surface area contributed by atoms with Crippen molar-refractivity contribution >= 4 is 27.6 Å². The van der Waals surface area contributed by atoms with Crippen LogP contribution in [0.25, 0.3) is 0 Å². The number of amides is 2. The Kier molecular flexibility index (Phi) is 7.48. The number of sulfonamides is 1. The van der Waals surface area contributed by atoms with Gasteiger partial charge in [0, 0.05) is 6.54 Å². The second kappa shape index (κ2) is 9.91. The Morgan fingerprint density at radius 1 is 1.13 bits per heavy atom. The fourth-order valence-corrected chi connectivity index (χ4v) is 5.71. The van der Waals surface area contributed by atoms with E-state index < -0.39 is 39.7 Å². The van der Waals surface area contributed by atoms with Crippen LogP contribution < -0.4 is 15.4 Å². The van der Waals surface area contributed by atoms with Crippen LogP contribution in [0, 0.1) is 17.8 Å². The third-order valence-corrected chi connectivity index (χ3v) is 7.56. The number of ketones is 1. The number of carbonyl (C=O) groups is 3. The number of hydrogen-bond acceptors (Lipinski definition) is 5. The predicted molar refractivity (Wildman–Crippen MR) is 115 cm³/mol. The summed E-state index contributed by atoms with van der Waals surface area (Å²) in [4.78, 5) is 38.2. The standard InChI is InChI=1S/C22H31N3O5S/c1-14(2)12-18(25-31(29,30)17-6-4-3-5-7-17)21(27)24-19-16-9-8-15(13-16)10-11-23-22(28)20(19)26/h3-7,14-16,18-19,25H,8-13H2,1-2H3,(H,23,28)(H,24,27). The lowest BCUT2D eigenvalue weighted by Gasteiger charge is -2.26. The third-order valence-electron chi connectivity index (χ3n) is 6.07. The van der Waals surface area contributed by atoms with Gasteiger partial charge in [0.05, 0.1) is 4.90 Å². The minimum absolute atomic E-state index is 0.0321. The van der Waals surface area contributed by atoms with Gasteiger partial charge in [-0.05, 0) is 55.6 Å². The second-order valence-corrected chi connectivity index (χ2v) is 10.7. The highest BCUT2D eigenvalue weighted by Gasteiger charge is 2.40. The van der Waals surface area contributed by atoms with Gasteiger partial charge < -0.3 is 10.6 Å². The van der Waals surface area contributed by atoms with Crippen LogP contribution in [0.15, 0.2) is 35.2 Å². The molecule has 1 aromatic carbocycles. The molecule has 1 aliphatic carbocycles. The Hall–Kier alpha value is -2.26. The molecule has 2 aliphatic rings. The molecule has 0 radical (unpaired) electrons. The number of rotatable bonds is 7. The Morgan fingerprint density at radius 3 is 2.52 bits per heavy atom. The summed E-state index contributed by atoms with van der Waals surface area (Å²) in [6, 6.07) is 5.85. The van der Waals surface area contributed by atoms with Crippen molar-refractivity contribution in [1.82, 2.24) is 15.4 Å². The van der Waals surface area contributed by atoms with Gasteiger partial charge in [0.15, 0.2) is 0 Å². The van der Waals surface area contributed by atoms with Gasteiger partial charge in [-0.2, -0.15) is 4.72 Å². The minimum Gasteiger partial charge on any atom is -0.349 e. The van der Waals surface area contributed by atoms with Gasteiger partial charge in [0.25, 0.3) is 5.91 Å². The van der Waals surface area contributed by atoms with Crippen LogP contribution in [0.4, 0.5) is 0 Å². The highest BCUT2D eigenvalue weighted by atomic mass is 32.2. The van der Waals surface area contributed by atoms with Crippen LogP contribution in [0.5, 0.6) is 0 Å². The highest BCUT2D eigenvalue weighted by Crippen LogP contribution is 2.36. The number of Topliss-reactive ketones (excluding diaryl/α,β-unsaturated/α-hetero) is 1. The van der Waals surface area contributed by atoms with E-state index in [1.165, 1.54) is 12.1 Å². The molecule has 2 bridgehead atoms. The summed E-state index contributed by atoms with van der Waals surface area (Å²) in [5, 5.41) is 5.36. The van der Waals surface area contributed by atoms with Crippen molar-refractivity contribution in [1.29, 1.82) is 0 Å². The number of nitrogens with one attached hydrogen (secondary N) is 3. The van der Waals surface area contributed by atoms with E-state index in [9.17, 15) is 22.8 Å². The molecule has 4 unspecified atom stereocenters. The quantitative estimate of drug-likeness (QED) is 0.543. The maximum atomic E-state index is 13.1. The summed E-state index contributed by atoms with van der Waals surface area (Å²) in [6.45, 7) is 4.23. The monoisotopic (exact) mass is 449 g/mol. The molecule has 3 rings (SSSR count). The zero-order chi connectivity index (χ0) is 22.6. The van der Waals surface area contributed by atoms with Gasteiger partial charge in [-0.3, -0.25) is 14.4 Å². The highest BCUT2D eigenvalue weighted by molar-refractivity contribution is 7.89. The maximum Gasteiger partial charge on any atom is 0.289 e.